The zero-order valence-corrected chi connectivity index (χ0v) is 14.3. The first-order chi connectivity index (χ1) is 12.1. The molecule has 1 unspecified atom stereocenters. The maximum Gasteiger partial charge on any atom is 0.255 e. The Labute approximate surface area is 146 Å². The third-order valence-electron chi connectivity index (χ3n) is 4.64. The largest absolute Gasteiger partial charge is 0.442 e. The standard InChI is InChI=1S/C19H20N4O2/c1-12(14-6-4-3-5-7-14)10-21-18(24)15-13(2)25-19-16(15)17-20-8-9-23(17)11-22-19/h3-7,11-12H,8-10H2,1-2H3,(H,21,24). The van der Waals surface area contributed by atoms with E-state index in [1.807, 2.05) is 23.1 Å². The lowest BCUT2D eigenvalue weighted by Crippen LogP contribution is -2.33. The average molecular weight is 336 g/mol. The van der Waals surface area contributed by atoms with Gasteiger partial charge in [-0.15, -0.1) is 0 Å². The van der Waals surface area contributed by atoms with Crippen LogP contribution in [0.5, 0.6) is 0 Å². The van der Waals surface area contributed by atoms with Crippen molar-refractivity contribution in [2.24, 2.45) is 9.98 Å². The predicted molar refractivity (Wildman–Crippen MR) is 96.9 cm³/mol. The van der Waals surface area contributed by atoms with Crippen LogP contribution in [0.3, 0.4) is 0 Å². The van der Waals surface area contributed by atoms with Crippen LogP contribution >= 0.6 is 0 Å². The first-order valence-electron chi connectivity index (χ1n) is 8.47. The molecule has 2 aliphatic heterocycles. The lowest BCUT2D eigenvalue weighted by Gasteiger charge is -2.18. The van der Waals surface area contributed by atoms with E-state index in [-0.39, 0.29) is 11.8 Å². The van der Waals surface area contributed by atoms with Gasteiger partial charge in [0.2, 0.25) is 5.88 Å². The fourth-order valence-corrected chi connectivity index (χ4v) is 3.25. The van der Waals surface area contributed by atoms with Crippen LogP contribution in [-0.4, -0.2) is 42.6 Å². The Hall–Kier alpha value is -2.89. The van der Waals surface area contributed by atoms with Gasteiger partial charge in [-0.1, -0.05) is 37.3 Å². The molecule has 0 saturated heterocycles. The number of nitrogens with one attached hydrogen (secondary N) is 1. The number of hydrogen-bond acceptors (Lipinski definition) is 5. The molecule has 0 fully saturated rings. The summed E-state index contributed by atoms with van der Waals surface area (Å²) in [6.45, 7) is 5.94. The van der Waals surface area contributed by atoms with Crippen LogP contribution in [0.15, 0.2) is 44.7 Å². The van der Waals surface area contributed by atoms with E-state index in [9.17, 15) is 4.79 Å². The van der Waals surface area contributed by atoms with Crippen molar-refractivity contribution in [3.05, 3.63) is 52.8 Å². The molecular weight excluding hydrogens is 316 g/mol. The molecule has 0 radical (unpaired) electrons. The van der Waals surface area contributed by atoms with Crippen molar-refractivity contribution in [2.75, 3.05) is 19.6 Å². The second-order valence-corrected chi connectivity index (χ2v) is 6.38. The normalized spacial score (nSPS) is 16.2. The van der Waals surface area contributed by atoms with Crippen LogP contribution in [0.4, 0.5) is 5.88 Å². The molecule has 2 aliphatic rings. The third-order valence-corrected chi connectivity index (χ3v) is 4.64. The van der Waals surface area contributed by atoms with Crippen LogP contribution in [0.1, 0.15) is 40.1 Å². The minimum atomic E-state index is -0.142. The summed E-state index contributed by atoms with van der Waals surface area (Å²) >= 11 is 0. The number of benzene rings is 1. The molecule has 0 spiro atoms. The number of furan rings is 1. The minimum absolute atomic E-state index is 0.142. The van der Waals surface area contributed by atoms with Gasteiger partial charge < -0.3 is 14.6 Å². The molecule has 128 valence electrons. The number of nitrogens with zero attached hydrogens (tertiary/aromatic N) is 3. The molecule has 1 amide bonds. The highest BCUT2D eigenvalue weighted by Gasteiger charge is 2.33. The molecule has 1 aromatic heterocycles. The first kappa shape index (κ1) is 15.6. The Balaban J connectivity index is 1.56. The molecule has 1 atom stereocenters. The summed E-state index contributed by atoms with van der Waals surface area (Å²) in [4.78, 5) is 23.6. The summed E-state index contributed by atoms with van der Waals surface area (Å²) in [6, 6.07) is 10.2. The Morgan fingerprint density at radius 3 is 2.96 bits per heavy atom. The molecule has 6 nitrogen and oxygen atoms in total. The molecule has 1 N–H and O–H groups in total. The summed E-state index contributed by atoms with van der Waals surface area (Å²) in [6.07, 6.45) is 1.72. The monoisotopic (exact) mass is 336 g/mol. The van der Waals surface area contributed by atoms with Gasteiger partial charge in [-0.05, 0) is 18.4 Å². The van der Waals surface area contributed by atoms with E-state index in [0.29, 0.717) is 35.9 Å². The molecular formula is C19H20N4O2. The lowest BCUT2D eigenvalue weighted by molar-refractivity contribution is 0.0950. The van der Waals surface area contributed by atoms with Crippen molar-refractivity contribution in [3.63, 3.8) is 0 Å². The number of amidine groups is 1. The minimum Gasteiger partial charge on any atom is -0.442 e. The van der Waals surface area contributed by atoms with Gasteiger partial charge in [0.25, 0.3) is 5.91 Å². The summed E-state index contributed by atoms with van der Waals surface area (Å²) in [5.41, 5.74) is 2.45. The van der Waals surface area contributed by atoms with Crippen molar-refractivity contribution >= 4 is 24.0 Å². The molecule has 0 bridgehead atoms. The number of rotatable bonds is 4. The SMILES string of the molecule is Cc1oc2c(c1C(=O)NCC(C)c1ccccc1)C1=NCCN1C=N2. The maximum atomic E-state index is 12.8. The highest BCUT2D eigenvalue weighted by atomic mass is 16.4. The van der Waals surface area contributed by atoms with Gasteiger partial charge in [0.1, 0.15) is 17.9 Å². The van der Waals surface area contributed by atoms with Gasteiger partial charge in [-0.3, -0.25) is 9.79 Å². The fourth-order valence-electron chi connectivity index (χ4n) is 3.25. The number of amides is 1. The van der Waals surface area contributed by atoms with Gasteiger partial charge in [0.05, 0.1) is 17.7 Å². The predicted octanol–water partition coefficient (Wildman–Crippen LogP) is 2.86. The Morgan fingerprint density at radius 2 is 2.16 bits per heavy atom. The van der Waals surface area contributed by atoms with E-state index in [1.165, 1.54) is 5.56 Å². The molecule has 1 aromatic carbocycles. The van der Waals surface area contributed by atoms with Gasteiger partial charge in [-0.25, -0.2) is 4.99 Å². The molecule has 25 heavy (non-hydrogen) atoms. The van der Waals surface area contributed by atoms with Crippen LogP contribution in [0.25, 0.3) is 0 Å². The van der Waals surface area contributed by atoms with Crippen LogP contribution in [0, 0.1) is 6.92 Å². The zero-order chi connectivity index (χ0) is 17.4. The molecule has 0 saturated carbocycles. The Kier molecular flexibility index (Phi) is 3.87. The molecule has 3 heterocycles. The van der Waals surface area contributed by atoms with Crippen molar-refractivity contribution in [1.82, 2.24) is 10.2 Å². The number of fused-ring (bicyclic) bond motifs is 3. The molecule has 6 heteroatoms. The van der Waals surface area contributed by atoms with E-state index in [0.717, 1.165) is 12.4 Å². The van der Waals surface area contributed by atoms with Gasteiger partial charge in [0.15, 0.2) is 0 Å². The summed E-state index contributed by atoms with van der Waals surface area (Å²) in [7, 11) is 0. The maximum absolute atomic E-state index is 12.8. The number of carbonyl (C=O) groups is 1. The van der Waals surface area contributed by atoms with E-state index >= 15 is 0 Å². The molecule has 4 rings (SSSR count). The lowest BCUT2D eigenvalue weighted by atomic mass is 10.0. The number of hydrogen-bond donors (Lipinski definition) is 1. The van der Waals surface area contributed by atoms with Crippen LogP contribution in [0.2, 0.25) is 0 Å². The average Bonchev–Trinajstić information content (AvgIpc) is 3.23. The first-order valence-corrected chi connectivity index (χ1v) is 8.47. The smallest absolute Gasteiger partial charge is 0.255 e. The number of aliphatic imine (C=N–C) groups is 2. The van der Waals surface area contributed by atoms with Crippen molar-refractivity contribution in [2.45, 2.75) is 19.8 Å². The summed E-state index contributed by atoms with van der Waals surface area (Å²) < 4.78 is 5.69. The van der Waals surface area contributed by atoms with Gasteiger partial charge in [-0.2, -0.15) is 0 Å². The van der Waals surface area contributed by atoms with E-state index < -0.39 is 0 Å². The topological polar surface area (TPSA) is 70.2 Å². The van der Waals surface area contributed by atoms with Crippen molar-refractivity contribution in [1.29, 1.82) is 0 Å². The summed E-state index contributed by atoms with van der Waals surface area (Å²) in [5.74, 6) is 1.91. The quantitative estimate of drug-likeness (QED) is 0.933. The second kappa shape index (κ2) is 6.20. The zero-order valence-electron chi connectivity index (χ0n) is 14.3. The van der Waals surface area contributed by atoms with Gasteiger partial charge >= 0.3 is 0 Å². The van der Waals surface area contributed by atoms with Crippen molar-refractivity contribution < 1.29 is 9.21 Å². The number of carbonyl (C=O) groups excluding carboxylic acids is 1. The fraction of sp³-hybridized carbons (Fsp3) is 0.316. The molecule has 0 aliphatic carbocycles. The van der Waals surface area contributed by atoms with Crippen LogP contribution < -0.4 is 5.32 Å². The Bertz CT molecular complexity index is 867. The Morgan fingerprint density at radius 1 is 1.36 bits per heavy atom. The van der Waals surface area contributed by atoms with Gasteiger partial charge in [0, 0.05) is 13.1 Å². The summed E-state index contributed by atoms with van der Waals surface area (Å²) in [5, 5.41) is 3.03. The highest BCUT2D eigenvalue weighted by molar-refractivity contribution is 6.17. The van der Waals surface area contributed by atoms with E-state index in [1.54, 1.807) is 13.3 Å². The van der Waals surface area contributed by atoms with E-state index in [4.69, 9.17) is 4.42 Å². The van der Waals surface area contributed by atoms with Crippen molar-refractivity contribution in [3.8, 4) is 0 Å². The van der Waals surface area contributed by atoms with Crippen LogP contribution in [-0.2, 0) is 0 Å². The third kappa shape index (κ3) is 2.73. The highest BCUT2D eigenvalue weighted by Crippen LogP contribution is 2.34. The number of aryl methyl sites for hydroxylation is 1. The van der Waals surface area contributed by atoms with E-state index in [2.05, 4.69) is 34.4 Å². The second-order valence-electron chi connectivity index (χ2n) is 6.38. The molecule has 2 aromatic rings.